The summed E-state index contributed by atoms with van der Waals surface area (Å²) in [4.78, 5) is 4.61. The van der Waals surface area contributed by atoms with Crippen molar-refractivity contribution in [1.82, 2.24) is 10.6 Å². The molecule has 0 aromatic heterocycles. The van der Waals surface area contributed by atoms with E-state index in [1.165, 1.54) is 0 Å². The van der Waals surface area contributed by atoms with Crippen LogP contribution in [0, 0.1) is 0 Å². The van der Waals surface area contributed by atoms with E-state index in [0.717, 1.165) is 12.1 Å². The lowest BCUT2D eigenvalue weighted by Crippen LogP contribution is -2.39. The van der Waals surface area contributed by atoms with Crippen LogP contribution in [0.1, 0.15) is 12.5 Å². The summed E-state index contributed by atoms with van der Waals surface area (Å²) in [5, 5.41) is 7.05. The van der Waals surface area contributed by atoms with E-state index in [-0.39, 0.29) is 24.0 Å². The third-order valence-electron chi connectivity index (χ3n) is 3.98. The van der Waals surface area contributed by atoms with Gasteiger partial charge in [-0.3, -0.25) is 0 Å². The lowest BCUT2D eigenvalue weighted by Gasteiger charge is -2.15. The minimum atomic E-state index is 0. The molecule has 2 aromatic carbocycles. The monoisotopic (exact) mass is 549 g/mol. The maximum Gasteiger partial charge on any atom is 0.203 e. The largest absolute Gasteiger partial charge is 0.493 e. The quantitative estimate of drug-likeness (QED) is 0.201. The molecule has 2 rings (SSSR count). The first-order valence-electron chi connectivity index (χ1n) is 9.31. The van der Waals surface area contributed by atoms with E-state index in [0.29, 0.717) is 53.7 Å². The van der Waals surface area contributed by atoms with Gasteiger partial charge in [-0.2, -0.15) is 0 Å². The van der Waals surface area contributed by atoms with Crippen molar-refractivity contribution in [2.45, 2.75) is 13.5 Å². The first-order chi connectivity index (χ1) is 14.1. The minimum Gasteiger partial charge on any atom is -0.493 e. The molecule has 166 valence electrons. The zero-order chi connectivity index (χ0) is 21.1. The number of guanidine groups is 1. The number of nitrogens with zero attached hydrogens (tertiary/aromatic N) is 1. The smallest absolute Gasteiger partial charge is 0.203 e. The minimum absolute atomic E-state index is 0. The Morgan fingerprint density at radius 1 is 0.967 bits per heavy atom. The number of rotatable bonds is 10. The Kier molecular flexibility index (Phi) is 12.1. The second-order valence-electron chi connectivity index (χ2n) is 5.93. The van der Waals surface area contributed by atoms with Gasteiger partial charge in [0.2, 0.25) is 5.75 Å². The van der Waals surface area contributed by atoms with Crippen LogP contribution in [-0.4, -0.2) is 47.0 Å². The molecule has 30 heavy (non-hydrogen) atoms. The van der Waals surface area contributed by atoms with Crippen molar-refractivity contribution in [3.05, 3.63) is 47.0 Å². The van der Waals surface area contributed by atoms with Gasteiger partial charge in [0, 0.05) is 6.54 Å². The van der Waals surface area contributed by atoms with Crippen molar-refractivity contribution < 1.29 is 18.9 Å². The topological polar surface area (TPSA) is 73.3 Å². The molecule has 0 aliphatic carbocycles. The summed E-state index contributed by atoms with van der Waals surface area (Å²) >= 11 is 6.09. The lowest BCUT2D eigenvalue weighted by molar-refractivity contribution is 0.322. The van der Waals surface area contributed by atoms with E-state index in [1.807, 2.05) is 37.3 Å². The van der Waals surface area contributed by atoms with Crippen LogP contribution < -0.4 is 29.6 Å². The molecular formula is C21H29ClIN3O4. The highest BCUT2D eigenvalue weighted by molar-refractivity contribution is 14.0. The summed E-state index contributed by atoms with van der Waals surface area (Å²) in [6.07, 6.45) is 0. The van der Waals surface area contributed by atoms with Crippen LogP contribution in [0.15, 0.2) is 41.4 Å². The molecule has 9 heteroatoms. The van der Waals surface area contributed by atoms with Crippen molar-refractivity contribution in [3.8, 4) is 23.0 Å². The third kappa shape index (κ3) is 7.64. The number of nitrogens with one attached hydrogen (secondary N) is 2. The maximum absolute atomic E-state index is 6.09. The Morgan fingerprint density at radius 2 is 1.63 bits per heavy atom. The predicted octanol–water partition coefficient (Wildman–Crippen LogP) is 4.12. The number of aliphatic imine (C=N–C) groups is 1. The summed E-state index contributed by atoms with van der Waals surface area (Å²) < 4.78 is 21.8. The average molecular weight is 550 g/mol. The van der Waals surface area contributed by atoms with Gasteiger partial charge in [-0.15, -0.1) is 24.0 Å². The van der Waals surface area contributed by atoms with E-state index in [2.05, 4.69) is 15.6 Å². The summed E-state index contributed by atoms with van der Waals surface area (Å²) in [5.74, 6) is 3.11. The van der Waals surface area contributed by atoms with Crippen LogP contribution in [0.2, 0.25) is 5.02 Å². The highest BCUT2D eigenvalue weighted by Gasteiger charge is 2.13. The second kappa shape index (κ2) is 14.0. The highest BCUT2D eigenvalue weighted by atomic mass is 127. The number of hydrogen-bond donors (Lipinski definition) is 2. The molecule has 0 saturated heterocycles. The SMILES string of the molecule is CCNC(=NCc1cc(OC)c(OC)c(OC)c1)NCCOc1ccccc1Cl.I. The first kappa shape index (κ1) is 26.0. The Bertz CT molecular complexity index is 796. The summed E-state index contributed by atoms with van der Waals surface area (Å²) in [6, 6.07) is 11.2. The van der Waals surface area contributed by atoms with Gasteiger partial charge < -0.3 is 29.6 Å². The molecule has 2 N–H and O–H groups in total. The van der Waals surface area contributed by atoms with Crippen molar-refractivity contribution >= 4 is 41.5 Å². The molecule has 0 atom stereocenters. The molecule has 2 aromatic rings. The van der Waals surface area contributed by atoms with E-state index in [9.17, 15) is 0 Å². The molecule has 0 spiro atoms. The molecule has 0 bridgehead atoms. The van der Waals surface area contributed by atoms with Crippen molar-refractivity contribution in [2.24, 2.45) is 4.99 Å². The molecule has 0 fully saturated rings. The van der Waals surface area contributed by atoms with Gasteiger partial charge in [0.1, 0.15) is 12.4 Å². The second-order valence-corrected chi connectivity index (χ2v) is 6.34. The van der Waals surface area contributed by atoms with E-state index >= 15 is 0 Å². The number of halogens is 2. The summed E-state index contributed by atoms with van der Waals surface area (Å²) in [6.45, 7) is 4.23. The number of benzene rings is 2. The first-order valence-corrected chi connectivity index (χ1v) is 9.69. The normalized spacial score (nSPS) is 10.6. The Hall–Kier alpha value is -2.07. The summed E-state index contributed by atoms with van der Waals surface area (Å²) in [5.41, 5.74) is 0.934. The maximum atomic E-state index is 6.09. The molecular weight excluding hydrogens is 521 g/mol. The predicted molar refractivity (Wildman–Crippen MR) is 131 cm³/mol. The Balaban J connectivity index is 0.00000450. The van der Waals surface area contributed by atoms with Gasteiger partial charge in [-0.1, -0.05) is 23.7 Å². The number of para-hydroxylation sites is 1. The zero-order valence-corrected chi connectivity index (χ0v) is 20.7. The molecule has 0 unspecified atom stereocenters. The van der Waals surface area contributed by atoms with Crippen molar-refractivity contribution in [3.63, 3.8) is 0 Å². The van der Waals surface area contributed by atoms with Crippen LogP contribution >= 0.6 is 35.6 Å². The molecule has 7 nitrogen and oxygen atoms in total. The molecule has 0 saturated carbocycles. The number of hydrogen-bond acceptors (Lipinski definition) is 5. The van der Waals surface area contributed by atoms with Gasteiger partial charge in [-0.05, 0) is 36.8 Å². The Morgan fingerprint density at radius 3 is 2.20 bits per heavy atom. The fraction of sp³-hybridized carbons (Fsp3) is 0.381. The van der Waals surface area contributed by atoms with Gasteiger partial charge in [0.15, 0.2) is 17.5 Å². The van der Waals surface area contributed by atoms with Crippen LogP contribution in [0.25, 0.3) is 0 Å². The van der Waals surface area contributed by atoms with Crippen LogP contribution in [0.5, 0.6) is 23.0 Å². The van der Waals surface area contributed by atoms with Crippen LogP contribution in [0.3, 0.4) is 0 Å². The third-order valence-corrected chi connectivity index (χ3v) is 4.29. The van der Waals surface area contributed by atoms with Gasteiger partial charge in [-0.25, -0.2) is 4.99 Å². The van der Waals surface area contributed by atoms with E-state index in [1.54, 1.807) is 27.4 Å². The standard InChI is InChI=1S/C21H28ClN3O4.HI/c1-5-23-21(24-10-11-29-17-9-7-6-8-16(17)22)25-14-15-12-18(26-2)20(28-4)19(13-15)27-3;/h6-9,12-13H,5,10-11,14H2,1-4H3,(H2,23,24,25);1H. The molecule has 0 aliphatic rings. The van der Waals surface area contributed by atoms with Gasteiger partial charge in [0.25, 0.3) is 0 Å². The molecule has 0 radical (unpaired) electrons. The Labute approximate surface area is 200 Å². The summed E-state index contributed by atoms with van der Waals surface area (Å²) in [7, 11) is 4.76. The van der Waals surface area contributed by atoms with Gasteiger partial charge in [0.05, 0.1) is 39.4 Å². The van der Waals surface area contributed by atoms with Crippen molar-refractivity contribution in [2.75, 3.05) is 41.0 Å². The number of methoxy groups -OCH3 is 3. The van der Waals surface area contributed by atoms with Crippen molar-refractivity contribution in [1.29, 1.82) is 0 Å². The fourth-order valence-electron chi connectivity index (χ4n) is 2.63. The molecule has 0 heterocycles. The van der Waals surface area contributed by atoms with E-state index < -0.39 is 0 Å². The van der Waals surface area contributed by atoms with Crippen LogP contribution in [0.4, 0.5) is 0 Å². The number of ether oxygens (including phenoxy) is 4. The van der Waals surface area contributed by atoms with Gasteiger partial charge >= 0.3 is 0 Å². The molecule has 0 amide bonds. The zero-order valence-electron chi connectivity index (χ0n) is 17.7. The highest BCUT2D eigenvalue weighted by Crippen LogP contribution is 2.38. The fourth-order valence-corrected chi connectivity index (χ4v) is 2.82. The average Bonchev–Trinajstić information content (AvgIpc) is 2.75. The van der Waals surface area contributed by atoms with E-state index in [4.69, 9.17) is 30.5 Å². The lowest BCUT2D eigenvalue weighted by atomic mass is 10.2. The molecule has 0 aliphatic heterocycles. The van der Waals surface area contributed by atoms with Crippen LogP contribution in [-0.2, 0) is 6.54 Å².